The van der Waals surface area contributed by atoms with Crippen LogP contribution in [0.1, 0.15) is 41.4 Å². The monoisotopic (exact) mass is 536 g/mol. The van der Waals surface area contributed by atoms with Crippen LogP contribution in [0, 0.1) is 10.1 Å². The van der Waals surface area contributed by atoms with Crippen LogP contribution in [-0.2, 0) is 6.42 Å². The van der Waals surface area contributed by atoms with Gasteiger partial charge in [0.15, 0.2) is 23.0 Å². The average molecular weight is 537 g/mol. The largest absolute Gasteiger partial charge is 0.493 e. The van der Waals surface area contributed by atoms with Crippen LogP contribution in [0.4, 0.5) is 5.69 Å². The molecule has 0 radical (unpaired) electrons. The Balaban J connectivity index is 1.69. The molecule has 206 valence electrons. The second kappa shape index (κ2) is 12.4. The summed E-state index contributed by atoms with van der Waals surface area (Å²) < 4.78 is 28.5. The minimum atomic E-state index is -0.464. The zero-order valence-corrected chi connectivity index (χ0v) is 22.5. The number of non-ortho nitro benzene ring substituents is 1. The van der Waals surface area contributed by atoms with E-state index in [1.54, 1.807) is 49.5 Å². The minimum absolute atomic E-state index is 0.0281. The molecule has 0 spiro atoms. The van der Waals surface area contributed by atoms with Gasteiger partial charge in [-0.3, -0.25) is 14.9 Å². The summed E-state index contributed by atoms with van der Waals surface area (Å²) in [5.74, 6) is 2.52. The number of benzene rings is 3. The van der Waals surface area contributed by atoms with Crippen LogP contribution in [0.5, 0.6) is 28.7 Å². The summed E-state index contributed by atoms with van der Waals surface area (Å²) >= 11 is 0. The molecule has 0 fully saturated rings. The molecule has 1 amide bonds. The van der Waals surface area contributed by atoms with Crippen molar-refractivity contribution in [3.05, 3.63) is 81.4 Å². The predicted molar refractivity (Wildman–Crippen MR) is 144 cm³/mol. The smallest absolute Gasteiger partial charge is 0.269 e. The van der Waals surface area contributed by atoms with Gasteiger partial charge < -0.3 is 28.6 Å². The zero-order valence-electron chi connectivity index (χ0n) is 22.5. The van der Waals surface area contributed by atoms with E-state index in [9.17, 15) is 14.9 Å². The van der Waals surface area contributed by atoms with Crippen molar-refractivity contribution in [2.45, 2.75) is 26.3 Å². The minimum Gasteiger partial charge on any atom is -0.493 e. The Morgan fingerprint density at radius 3 is 2.21 bits per heavy atom. The molecular weight excluding hydrogens is 504 g/mol. The van der Waals surface area contributed by atoms with Gasteiger partial charge in [0, 0.05) is 24.2 Å². The van der Waals surface area contributed by atoms with Crippen molar-refractivity contribution in [1.29, 1.82) is 0 Å². The lowest BCUT2D eigenvalue weighted by Gasteiger charge is -2.37. The van der Waals surface area contributed by atoms with Crippen molar-refractivity contribution in [1.82, 2.24) is 4.90 Å². The molecule has 39 heavy (non-hydrogen) atoms. The number of ether oxygens (including phenoxy) is 5. The maximum Gasteiger partial charge on any atom is 0.269 e. The molecule has 3 aromatic carbocycles. The van der Waals surface area contributed by atoms with Crippen LogP contribution in [0.15, 0.2) is 54.6 Å². The van der Waals surface area contributed by atoms with Crippen molar-refractivity contribution in [2.75, 3.05) is 40.6 Å². The van der Waals surface area contributed by atoms with Gasteiger partial charge in [0.25, 0.3) is 11.6 Å². The molecule has 0 bridgehead atoms. The zero-order chi connectivity index (χ0) is 27.9. The second-order valence-electron chi connectivity index (χ2n) is 8.76. The van der Waals surface area contributed by atoms with Crippen molar-refractivity contribution < 1.29 is 33.4 Å². The lowest BCUT2D eigenvalue weighted by atomic mass is 9.91. The number of hydrogen-bond acceptors (Lipinski definition) is 8. The first kappa shape index (κ1) is 27.6. The van der Waals surface area contributed by atoms with E-state index in [2.05, 4.69) is 0 Å². The first-order valence-corrected chi connectivity index (χ1v) is 12.7. The van der Waals surface area contributed by atoms with Gasteiger partial charge in [-0.15, -0.1) is 0 Å². The maximum absolute atomic E-state index is 13.9. The van der Waals surface area contributed by atoms with Crippen LogP contribution < -0.4 is 23.7 Å². The molecule has 1 aliphatic rings. The first-order chi connectivity index (χ1) is 18.9. The quantitative estimate of drug-likeness (QED) is 0.242. The highest BCUT2D eigenvalue weighted by Gasteiger charge is 2.34. The number of carbonyl (C=O) groups excluding carboxylic acids is 1. The van der Waals surface area contributed by atoms with E-state index in [0.717, 1.165) is 11.1 Å². The Hall–Kier alpha value is -4.47. The van der Waals surface area contributed by atoms with Crippen LogP contribution >= 0.6 is 0 Å². The van der Waals surface area contributed by atoms with Gasteiger partial charge in [-0.05, 0) is 73.9 Å². The van der Waals surface area contributed by atoms with Crippen LogP contribution in [0.25, 0.3) is 0 Å². The van der Waals surface area contributed by atoms with Crippen LogP contribution in [-0.4, -0.2) is 56.3 Å². The molecule has 0 unspecified atom stereocenters. The molecular formula is C29H32N2O8. The summed E-state index contributed by atoms with van der Waals surface area (Å²) in [6.45, 7) is 5.25. The fourth-order valence-corrected chi connectivity index (χ4v) is 4.64. The molecule has 4 rings (SSSR count). The molecule has 0 aliphatic carbocycles. The Morgan fingerprint density at radius 1 is 0.897 bits per heavy atom. The van der Waals surface area contributed by atoms with E-state index in [-0.39, 0.29) is 18.2 Å². The summed E-state index contributed by atoms with van der Waals surface area (Å²) in [6.07, 6.45) is 0.616. The number of methoxy groups -OCH3 is 2. The third-order valence-electron chi connectivity index (χ3n) is 6.51. The van der Waals surface area contributed by atoms with Gasteiger partial charge in [-0.25, -0.2) is 0 Å². The van der Waals surface area contributed by atoms with E-state index in [1.165, 1.54) is 12.1 Å². The van der Waals surface area contributed by atoms with Gasteiger partial charge in [0.1, 0.15) is 12.4 Å². The van der Waals surface area contributed by atoms with Crippen molar-refractivity contribution in [3.63, 3.8) is 0 Å². The summed E-state index contributed by atoms with van der Waals surface area (Å²) in [6, 6.07) is 14.4. The predicted octanol–water partition coefficient (Wildman–Crippen LogP) is 5.23. The van der Waals surface area contributed by atoms with Crippen LogP contribution in [0.3, 0.4) is 0 Å². The Morgan fingerprint density at radius 2 is 1.56 bits per heavy atom. The number of fused-ring (bicyclic) bond motifs is 1. The van der Waals surface area contributed by atoms with E-state index < -0.39 is 11.0 Å². The van der Waals surface area contributed by atoms with Crippen molar-refractivity contribution >= 4 is 11.6 Å². The molecule has 1 aliphatic heterocycles. The molecule has 1 atom stereocenters. The number of nitro benzene ring substituents is 1. The summed E-state index contributed by atoms with van der Waals surface area (Å²) in [5, 5.41) is 11.0. The van der Waals surface area contributed by atoms with Crippen molar-refractivity contribution in [3.8, 4) is 28.7 Å². The molecule has 0 aromatic heterocycles. The fourth-order valence-electron chi connectivity index (χ4n) is 4.64. The lowest BCUT2D eigenvalue weighted by Crippen LogP contribution is -2.42. The normalized spacial score (nSPS) is 14.3. The first-order valence-electron chi connectivity index (χ1n) is 12.7. The Labute approximate surface area is 227 Å². The Bertz CT molecular complexity index is 1330. The standard InChI is InChI=1S/C29H32N2O8/c1-5-37-25-12-7-20(16-28(25)38-6-2)29(32)30-14-13-19-15-26(35-3)27(36-4)17-23(19)24(30)18-39-22-10-8-21(9-11-22)31(33)34/h7-12,15-17,24H,5-6,13-14,18H2,1-4H3/t24-/m0/s1. The Kier molecular flexibility index (Phi) is 8.75. The van der Waals surface area contributed by atoms with E-state index >= 15 is 0 Å². The van der Waals surface area contributed by atoms with Gasteiger partial charge in [0.05, 0.1) is 38.4 Å². The number of rotatable bonds is 11. The number of nitrogens with zero attached hydrogens (tertiary/aromatic N) is 2. The van der Waals surface area contributed by atoms with E-state index in [4.69, 9.17) is 23.7 Å². The highest BCUT2D eigenvalue weighted by atomic mass is 16.6. The molecule has 1 heterocycles. The van der Waals surface area contributed by atoms with Crippen molar-refractivity contribution in [2.24, 2.45) is 0 Å². The van der Waals surface area contributed by atoms with Gasteiger partial charge in [-0.1, -0.05) is 0 Å². The third-order valence-corrected chi connectivity index (χ3v) is 6.51. The number of carbonyl (C=O) groups is 1. The maximum atomic E-state index is 13.9. The second-order valence-corrected chi connectivity index (χ2v) is 8.76. The number of hydrogen-bond donors (Lipinski definition) is 0. The average Bonchev–Trinajstić information content (AvgIpc) is 2.96. The topological polar surface area (TPSA) is 110 Å². The van der Waals surface area contributed by atoms with Crippen LogP contribution in [0.2, 0.25) is 0 Å². The van der Waals surface area contributed by atoms with Gasteiger partial charge in [0.2, 0.25) is 0 Å². The number of nitro groups is 1. The highest BCUT2D eigenvalue weighted by Crippen LogP contribution is 2.39. The number of amides is 1. The molecule has 0 N–H and O–H groups in total. The van der Waals surface area contributed by atoms with Gasteiger partial charge in [-0.2, -0.15) is 0 Å². The molecule has 0 saturated heterocycles. The van der Waals surface area contributed by atoms with Gasteiger partial charge >= 0.3 is 0 Å². The molecule has 10 heteroatoms. The van der Waals surface area contributed by atoms with E-state index in [0.29, 0.717) is 60.5 Å². The van der Waals surface area contributed by atoms with E-state index in [1.807, 2.05) is 26.0 Å². The summed E-state index contributed by atoms with van der Waals surface area (Å²) in [7, 11) is 3.15. The third kappa shape index (κ3) is 6.00. The fraction of sp³-hybridized carbons (Fsp3) is 0.345. The summed E-state index contributed by atoms with van der Waals surface area (Å²) in [4.78, 5) is 26.2. The molecule has 0 saturated carbocycles. The molecule has 10 nitrogen and oxygen atoms in total. The summed E-state index contributed by atoms with van der Waals surface area (Å²) in [5.41, 5.74) is 2.34. The SMILES string of the molecule is CCOc1ccc(C(=O)N2CCc3cc(OC)c(OC)cc3[C@@H]2COc2ccc([N+](=O)[O-])cc2)cc1OCC. The lowest BCUT2D eigenvalue weighted by molar-refractivity contribution is -0.384. The molecule has 3 aromatic rings. The highest BCUT2D eigenvalue weighted by molar-refractivity contribution is 5.95.